The Kier molecular flexibility index (Phi) is 3.69. The van der Waals surface area contributed by atoms with Gasteiger partial charge < -0.3 is 10.5 Å². The third kappa shape index (κ3) is 2.97. The molecule has 0 spiro atoms. The minimum absolute atomic E-state index is 0.0594. The van der Waals surface area contributed by atoms with Crippen molar-refractivity contribution in [3.05, 3.63) is 42.9 Å². The normalized spacial score (nSPS) is 24.2. The van der Waals surface area contributed by atoms with Gasteiger partial charge in [-0.2, -0.15) is 0 Å². The van der Waals surface area contributed by atoms with E-state index in [4.69, 9.17) is 10.5 Å². The number of hydrogen-bond donors (Lipinski definition) is 1. The minimum atomic E-state index is -0.0594. The van der Waals surface area contributed by atoms with Crippen molar-refractivity contribution in [3.63, 3.8) is 0 Å². The molecule has 0 bridgehead atoms. The Morgan fingerprint density at radius 2 is 1.92 bits per heavy atom. The third-order valence-electron chi connectivity index (χ3n) is 4.68. The van der Waals surface area contributed by atoms with Crippen LogP contribution in [-0.2, 0) is 0 Å². The number of ether oxygens (including phenoxy) is 1. The van der Waals surface area contributed by atoms with Crippen LogP contribution in [0.15, 0.2) is 42.9 Å². The zero-order chi connectivity index (χ0) is 16.6. The molecule has 124 valence electrons. The number of rotatable bonds is 3. The first-order valence-electron chi connectivity index (χ1n) is 8.31. The van der Waals surface area contributed by atoms with Crippen molar-refractivity contribution in [2.75, 3.05) is 0 Å². The molecule has 0 unspecified atom stereocenters. The highest BCUT2D eigenvalue weighted by Gasteiger charge is 2.28. The fraction of sp³-hybridized carbons (Fsp3) is 0.389. The lowest BCUT2D eigenvalue weighted by atomic mass is 9.83. The summed E-state index contributed by atoms with van der Waals surface area (Å²) < 4.78 is 7.91. The lowest BCUT2D eigenvalue weighted by Crippen LogP contribution is -2.42. The number of imidazole rings is 1. The van der Waals surface area contributed by atoms with E-state index in [1.54, 1.807) is 12.4 Å². The molecule has 3 heterocycles. The van der Waals surface area contributed by atoms with Crippen molar-refractivity contribution >= 4 is 5.65 Å². The SMILES string of the molecule is C[C@]1(N)CC[C@H](Oc2ccc3ncc(-c4ccncc4)n3n2)CC1. The molecular weight excluding hydrogens is 302 g/mol. The minimum Gasteiger partial charge on any atom is -0.473 e. The van der Waals surface area contributed by atoms with Gasteiger partial charge in [0.1, 0.15) is 6.10 Å². The van der Waals surface area contributed by atoms with Crippen LogP contribution >= 0.6 is 0 Å². The van der Waals surface area contributed by atoms with Gasteiger partial charge in [0.05, 0.1) is 11.9 Å². The molecule has 0 atom stereocenters. The van der Waals surface area contributed by atoms with E-state index in [9.17, 15) is 0 Å². The smallest absolute Gasteiger partial charge is 0.232 e. The van der Waals surface area contributed by atoms with E-state index >= 15 is 0 Å². The fourth-order valence-electron chi connectivity index (χ4n) is 3.18. The van der Waals surface area contributed by atoms with E-state index in [2.05, 4.69) is 22.0 Å². The van der Waals surface area contributed by atoms with E-state index in [1.165, 1.54) is 0 Å². The Morgan fingerprint density at radius 3 is 2.67 bits per heavy atom. The van der Waals surface area contributed by atoms with Crippen LogP contribution in [0.1, 0.15) is 32.6 Å². The number of aromatic nitrogens is 4. The van der Waals surface area contributed by atoms with Crippen LogP contribution < -0.4 is 10.5 Å². The highest BCUT2D eigenvalue weighted by atomic mass is 16.5. The maximum atomic E-state index is 6.19. The number of hydrogen-bond acceptors (Lipinski definition) is 5. The summed E-state index contributed by atoms with van der Waals surface area (Å²) in [6.45, 7) is 2.11. The molecule has 1 aliphatic carbocycles. The quantitative estimate of drug-likeness (QED) is 0.802. The molecule has 0 radical (unpaired) electrons. The zero-order valence-electron chi connectivity index (χ0n) is 13.7. The van der Waals surface area contributed by atoms with Gasteiger partial charge >= 0.3 is 0 Å². The van der Waals surface area contributed by atoms with Gasteiger partial charge in [0.15, 0.2) is 5.65 Å². The Bertz CT molecular complexity index is 833. The summed E-state index contributed by atoms with van der Waals surface area (Å²) in [4.78, 5) is 8.47. The summed E-state index contributed by atoms with van der Waals surface area (Å²) in [6, 6.07) is 7.71. The van der Waals surface area contributed by atoms with Gasteiger partial charge in [-0.1, -0.05) is 0 Å². The van der Waals surface area contributed by atoms with Gasteiger partial charge in [0, 0.05) is 29.6 Å². The molecule has 0 amide bonds. The summed E-state index contributed by atoms with van der Waals surface area (Å²) >= 11 is 0. The van der Waals surface area contributed by atoms with Crippen molar-refractivity contribution in [2.45, 2.75) is 44.2 Å². The Morgan fingerprint density at radius 1 is 1.17 bits per heavy atom. The van der Waals surface area contributed by atoms with Crippen LogP contribution in [0.4, 0.5) is 0 Å². The van der Waals surface area contributed by atoms with Crippen molar-refractivity contribution < 1.29 is 4.74 Å². The second-order valence-electron chi connectivity index (χ2n) is 6.79. The van der Waals surface area contributed by atoms with Crippen molar-refractivity contribution in [1.29, 1.82) is 0 Å². The number of fused-ring (bicyclic) bond motifs is 1. The van der Waals surface area contributed by atoms with Crippen LogP contribution in [0.25, 0.3) is 16.9 Å². The highest BCUT2D eigenvalue weighted by Crippen LogP contribution is 2.28. The molecule has 1 aliphatic rings. The summed E-state index contributed by atoms with van der Waals surface area (Å²) in [5.74, 6) is 0.626. The topological polar surface area (TPSA) is 78.3 Å². The predicted octanol–water partition coefficient (Wildman–Crippen LogP) is 2.83. The number of pyridine rings is 1. The zero-order valence-corrected chi connectivity index (χ0v) is 13.7. The lowest BCUT2D eigenvalue weighted by molar-refractivity contribution is 0.118. The molecule has 3 aromatic rings. The molecular formula is C18H21N5O. The van der Waals surface area contributed by atoms with E-state index in [0.717, 1.165) is 42.6 Å². The van der Waals surface area contributed by atoms with Gasteiger partial charge in [0.2, 0.25) is 5.88 Å². The molecule has 6 nitrogen and oxygen atoms in total. The first-order chi connectivity index (χ1) is 11.6. The van der Waals surface area contributed by atoms with Gasteiger partial charge in [-0.3, -0.25) is 4.98 Å². The first kappa shape index (κ1) is 15.1. The predicted molar refractivity (Wildman–Crippen MR) is 91.7 cm³/mol. The summed E-state index contributed by atoms with van der Waals surface area (Å²) in [7, 11) is 0. The summed E-state index contributed by atoms with van der Waals surface area (Å²) in [6.07, 6.45) is 9.42. The molecule has 2 N–H and O–H groups in total. The third-order valence-corrected chi connectivity index (χ3v) is 4.68. The molecule has 1 fully saturated rings. The van der Waals surface area contributed by atoms with E-state index in [1.807, 2.05) is 35.0 Å². The molecule has 24 heavy (non-hydrogen) atoms. The van der Waals surface area contributed by atoms with Gasteiger partial charge in [0.25, 0.3) is 0 Å². The highest BCUT2D eigenvalue weighted by molar-refractivity contribution is 5.62. The van der Waals surface area contributed by atoms with Crippen LogP contribution in [0.3, 0.4) is 0 Å². The van der Waals surface area contributed by atoms with Crippen molar-refractivity contribution in [2.24, 2.45) is 5.73 Å². The Hall–Kier alpha value is -2.47. The summed E-state index contributed by atoms with van der Waals surface area (Å²) in [5, 5.41) is 4.62. The fourth-order valence-corrected chi connectivity index (χ4v) is 3.18. The first-order valence-corrected chi connectivity index (χ1v) is 8.31. The van der Waals surface area contributed by atoms with Gasteiger partial charge in [-0.15, -0.1) is 5.10 Å². The molecule has 0 saturated heterocycles. The van der Waals surface area contributed by atoms with E-state index < -0.39 is 0 Å². The van der Waals surface area contributed by atoms with E-state index in [0.29, 0.717) is 5.88 Å². The molecule has 6 heteroatoms. The molecule has 1 saturated carbocycles. The standard InChI is InChI=1S/C18H21N5O/c1-18(19)8-4-14(5-9-18)24-17-3-2-16-21-12-15(23(16)22-17)13-6-10-20-11-7-13/h2-3,6-7,10-12,14H,4-5,8-9,19H2,1H3/t14-,18-. The van der Waals surface area contributed by atoms with Gasteiger partial charge in [-0.05, 0) is 50.8 Å². The van der Waals surface area contributed by atoms with Crippen LogP contribution in [0, 0.1) is 0 Å². The largest absolute Gasteiger partial charge is 0.473 e. The lowest BCUT2D eigenvalue weighted by Gasteiger charge is -2.33. The second-order valence-corrected chi connectivity index (χ2v) is 6.79. The summed E-state index contributed by atoms with van der Waals surface area (Å²) in [5.41, 5.74) is 8.88. The number of nitrogens with two attached hydrogens (primary N) is 1. The Labute approximate surface area is 140 Å². The average Bonchev–Trinajstić information content (AvgIpc) is 3.01. The molecule has 3 aromatic heterocycles. The maximum Gasteiger partial charge on any atom is 0.232 e. The van der Waals surface area contributed by atoms with Crippen LogP contribution in [0.5, 0.6) is 5.88 Å². The van der Waals surface area contributed by atoms with Crippen molar-refractivity contribution in [3.8, 4) is 17.1 Å². The maximum absolute atomic E-state index is 6.19. The van der Waals surface area contributed by atoms with Crippen LogP contribution in [-0.4, -0.2) is 31.2 Å². The van der Waals surface area contributed by atoms with E-state index in [-0.39, 0.29) is 11.6 Å². The average molecular weight is 323 g/mol. The second kappa shape index (κ2) is 5.87. The molecule has 0 aromatic carbocycles. The molecule has 4 rings (SSSR count). The van der Waals surface area contributed by atoms with Crippen LogP contribution in [0.2, 0.25) is 0 Å². The number of nitrogens with zero attached hydrogens (tertiary/aromatic N) is 4. The molecule has 0 aliphatic heterocycles. The Balaban J connectivity index is 1.59. The van der Waals surface area contributed by atoms with Gasteiger partial charge in [-0.25, -0.2) is 9.50 Å². The van der Waals surface area contributed by atoms with Crippen molar-refractivity contribution in [1.82, 2.24) is 19.6 Å². The monoisotopic (exact) mass is 323 g/mol.